The largest absolute Gasteiger partial charge is 0.322 e. The zero-order valence-electron chi connectivity index (χ0n) is 11.7. The summed E-state index contributed by atoms with van der Waals surface area (Å²) in [4.78, 5) is 12.5. The molecule has 0 saturated carbocycles. The first-order valence-corrected chi connectivity index (χ1v) is 6.75. The summed E-state index contributed by atoms with van der Waals surface area (Å²) in [5.74, 6) is 2.34. The summed E-state index contributed by atoms with van der Waals surface area (Å²) in [6.45, 7) is 0. The highest BCUT2D eigenvalue weighted by Gasteiger charge is 2.12. The van der Waals surface area contributed by atoms with Crippen LogP contribution in [0.25, 0.3) is 5.69 Å². The summed E-state index contributed by atoms with van der Waals surface area (Å²) in [7, 11) is 0. The van der Waals surface area contributed by atoms with E-state index < -0.39 is 0 Å². The second-order valence-corrected chi connectivity index (χ2v) is 4.65. The van der Waals surface area contributed by atoms with E-state index in [9.17, 15) is 4.79 Å². The number of rotatable bonds is 3. The normalized spacial score (nSPS) is 9.95. The molecule has 0 radical (unpaired) electrons. The first-order valence-electron chi connectivity index (χ1n) is 6.75. The molecule has 1 amide bonds. The maximum absolute atomic E-state index is 12.5. The Morgan fingerprint density at radius 1 is 1.14 bits per heavy atom. The molecule has 1 heterocycles. The van der Waals surface area contributed by atoms with Crippen LogP contribution in [-0.4, -0.2) is 15.7 Å². The number of hydrogen-bond acceptors (Lipinski definition) is 2. The molecule has 0 aliphatic carbocycles. The van der Waals surface area contributed by atoms with E-state index in [1.807, 2.05) is 36.4 Å². The lowest BCUT2D eigenvalue weighted by atomic mass is 10.1. The van der Waals surface area contributed by atoms with Crippen molar-refractivity contribution in [2.75, 3.05) is 5.32 Å². The first kappa shape index (κ1) is 13.7. The SMILES string of the molecule is C#Cc1cccc(NC(=O)c2ccccc2-n2cccn2)c1. The molecule has 3 aromatic rings. The van der Waals surface area contributed by atoms with Crippen molar-refractivity contribution in [1.29, 1.82) is 0 Å². The quantitative estimate of drug-likeness (QED) is 0.752. The van der Waals surface area contributed by atoms with Crippen molar-refractivity contribution in [2.45, 2.75) is 0 Å². The zero-order chi connectivity index (χ0) is 15.4. The number of nitrogens with one attached hydrogen (secondary N) is 1. The number of carbonyl (C=O) groups excluding carboxylic acids is 1. The lowest BCUT2D eigenvalue weighted by Gasteiger charge is -2.10. The lowest BCUT2D eigenvalue weighted by Crippen LogP contribution is -2.15. The topological polar surface area (TPSA) is 46.9 Å². The summed E-state index contributed by atoms with van der Waals surface area (Å²) in [5.41, 5.74) is 2.64. The molecule has 2 aromatic carbocycles. The summed E-state index contributed by atoms with van der Waals surface area (Å²) in [5, 5.41) is 7.03. The predicted octanol–water partition coefficient (Wildman–Crippen LogP) is 3.11. The third-order valence-electron chi connectivity index (χ3n) is 3.19. The molecule has 22 heavy (non-hydrogen) atoms. The number of anilines is 1. The molecule has 106 valence electrons. The average Bonchev–Trinajstić information content (AvgIpc) is 3.09. The number of aromatic nitrogens is 2. The number of para-hydroxylation sites is 1. The van der Waals surface area contributed by atoms with Crippen LogP contribution in [0, 0.1) is 12.3 Å². The molecule has 3 rings (SSSR count). The second kappa shape index (κ2) is 5.98. The van der Waals surface area contributed by atoms with Gasteiger partial charge in [-0.1, -0.05) is 24.1 Å². The van der Waals surface area contributed by atoms with E-state index in [-0.39, 0.29) is 5.91 Å². The van der Waals surface area contributed by atoms with Crippen molar-refractivity contribution in [3.05, 3.63) is 78.1 Å². The zero-order valence-corrected chi connectivity index (χ0v) is 11.7. The third kappa shape index (κ3) is 2.74. The second-order valence-electron chi connectivity index (χ2n) is 4.65. The van der Waals surface area contributed by atoms with Crippen molar-refractivity contribution in [2.24, 2.45) is 0 Å². The van der Waals surface area contributed by atoms with Crippen LogP contribution >= 0.6 is 0 Å². The van der Waals surface area contributed by atoms with Crippen LogP contribution in [0.15, 0.2) is 67.0 Å². The smallest absolute Gasteiger partial charge is 0.257 e. The van der Waals surface area contributed by atoms with Crippen LogP contribution in [0.5, 0.6) is 0 Å². The van der Waals surface area contributed by atoms with E-state index in [0.29, 0.717) is 11.3 Å². The van der Waals surface area contributed by atoms with Crippen LogP contribution in [0.4, 0.5) is 5.69 Å². The molecule has 1 aromatic heterocycles. The van der Waals surface area contributed by atoms with E-state index in [0.717, 1.165) is 11.3 Å². The molecular weight excluding hydrogens is 274 g/mol. The van der Waals surface area contributed by atoms with Crippen molar-refractivity contribution in [1.82, 2.24) is 9.78 Å². The van der Waals surface area contributed by atoms with E-state index in [2.05, 4.69) is 16.3 Å². The molecule has 4 heteroatoms. The van der Waals surface area contributed by atoms with Crippen LogP contribution in [0.3, 0.4) is 0 Å². The Balaban J connectivity index is 1.91. The molecule has 0 unspecified atom stereocenters. The highest BCUT2D eigenvalue weighted by molar-refractivity contribution is 6.06. The highest BCUT2D eigenvalue weighted by Crippen LogP contribution is 2.16. The molecule has 0 saturated heterocycles. The minimum atomic E-state index is -0.208. The Labute approximate surface area is 128 Å². The Morgan fingerprint density at radius 2 is 2.00 bits per heavy atom. The van der Waals surface area contributed by atoms with Crippen molar-refractivity contribution < 1.29 is 4.79 Å². The molecule has 0 fully saturated rings. The van der Waals surface area contributed by atoms with Gasteiger partial charge in [0.2, 0.25) is 0 Å². The lowest BCUT2D eigenvalue weighted by molar-refractivity contribution is 0.102. The van der Waals surface area contributed by atoms with Gasteiger partial charge in [-0.15, -0.1) is 6.42 Å². The average molecular weight is 287 g/mol. The molecule has 0 aliphatic rings. The fourth-order valence-electron chi connectivity index (χ4n) is 2.16. The number of carbonyl (C=O) groups is 1. The van der Waals surface area contributed by atoms with Crippen LogP contribution in [-0.2, 0) is 0 Å². The van der Waals surface area contributed by atoms with E-state index in [1.54, 1.807) is 35.3 Å². The van der Waals surface area contributed by atoms with Gasteiger partial charge in [-0.2, -0.15) is 5.10 Å². The summed E-state index contributed by atoms with van der Waals surface area (Å²) in [6.07, 6.45) is 8.84. The third-order valence-corrected chi connectivity index (χ3v) is 3.19. The first-order chi connectivity index (χ1) is 10.8. The Bertz CT molecular complexity index is 845. The highest BCUT2D eigenvalue weighted by atomic mass is 16.1. The summed E-state index contributed by atoms with van der Waals surface area (Å²) >= 11 is 0. The van der Waals surface area contributed by atoms with Gasteiger partial charge in [-0.3, -0.25) is 4.79 Å². The number of amides is 1. The van der Waals surface area contributed by atoms with Gasteiger partial charge < -0.3 is 5.32 Å². The molecule has 1 N–H and O–H groups in total. The summed E-state index contributed by atoms with van der Waals surface area (Å²) in [6, 6.07) is 16.3. The van der Waals surface area contributed by atoms with Crippen molar-refractivity contribution >= 4 is 11.6 Å². The fraction of sp³-hybridized carbons (Fsp3) is 0. The van der Waals surface area contributed by atoms with Crippen molar-refractivity contribution in [3.63, 3.8) is 0 Å². The van der Waals surface area contributed by atoms with E-state index in [1.165, 1.54) is 0 Å². The Hall–Kier alpha value is -3.32. The van der Waals surface area contributed by atoms with Gasteiger partial charge in [0.25, 0.3) is 5.91 Å². The maximum atomic E-state index is 12.5. The van der Waals surface area contributed by atoms with Gasteiger partial charge in [0.15, 0.2) is 0 Å². The minimum Gasteiger partial charge on any atom is -0.322 e. The van der Waals surface area contributed by atoms with Gasteiger partial charge in [0.1, 0.15) is 0 Å². The molecule has 4 nitrogen and oxygen atoms in total. The van der Waals surface area contributed by atoms with Crippen LogP contribution in [0.1, 0.15) is 15.9 Å². The van der Waals surface area contributed by atoms with Gasteiger partial charge in [-0.25, -0.2) is 4.68 Å². The number of hydrogen-bond donors (Lipinski definition) is 1. The molecule has 0 spiro atoms. The molecule has 0 bridgehead atoms. The van der Waals surface area contributed by atoms with E-state index >= 15 is 0 Å². The van der Waals surface area contributed by atoms with Crippen molar-refractivity contribution in [3.8, 4) is 18.0 Å². The van der Waals surface area contributed by atoms with Gasteiger partial charge in [-0.05, 0) is 36.4 Å². The van der Waals surface area contributed by atoms with E-state index in [4.69, 9.17) is 6.42 Å². The Kier molecular flexibility index (Phi) is 3.71. The van der Waals surface area contributed by atoms with Gasteiger partial charge in [0.05, 0.1) is 11.3 Å². The molecule has 0 aliphatic heterocycles. The van der Waals surface area contributed by atoms with Gasteiger partial charge in [0, 0.05) is 23.6 Å². The molecular formula is C18H13N3O. The minimum absolute atomic E-state index is 0.208. The monoisotopic (exact) mass is 287 g/mol. The fourth-order valence-corrected chi connectivity index (χ4v) is 2.16. The number of terminal acetylenes is 1. The molecule has 0 atom stereocenters. The predicted molar refractivity (Wildman–Crippen MR) is 85.9 cm³/mol. The van der Waals surface area contributed by atoms with Gasteiger partial charge >= 0.3 is 0 Å². The standard InChI is InChI=1S/C18H13N3O/c1-2-14-7-5-8-15(13-14)20-18(22)16-9-3-4-10-17(16)21-12-6-11-19-21/h1,3-13H,(H,20,22). The Morgan fingerprint density at radius 3 is 2.77 bits per heavy atom. The number of nitrogens with zero attached hydrogens (tertiary/aromatic N) is 2. The van der Waals surface area contributed by atoms with Crippen LogP contribution in [0.2, 0.25) is 0 Å². The maximum Gasteiger partial charge on any atom is 0.257 e. The number of benzene rings is 2. The summed E-state index contributed by atoms with van der Waals surface area (Å²) < 4.78 is 1.66. The van der Waals surface area contributed by atoms with Crippen LogP contribution < -0.4 is 5.32 Å².